The number of hydrogen-bond donors (Lipinski definition) is 2. The topological polar surface area (TPSA) is 223 Å². The standard InChI is InChI=1S/C25H28N2O7.C24H24F2N2O7/c1-4-31-21-9-6-10-22(14-21)34-25(30)27(16-24(28)29)15-19-7-5-8-20(13-19)32-12-11-23-17(2)33-18(3)26-23;1-15-21(27-16(2)33-15)10-11-32-18-8-6-17(7-9-18)13-28(14-22(29)30)24(31)35-20-5-3-4-19(12-20)34-23(25)26/h5-10,13-14H,4,11-12,15-16H2,1-3H3,(H,28,29);3-9,12,23H,10-11,13-14H2,1-2H3,(H,29,30). The van der Waals surface area contributed by atoms with Gasteiger partial charge in [0.15, 0.2) is 11.8 Å². The Morgan fingerprint density at radius 3 is 1.51 bits per heavy atom. The van der Waals surface area contributed by atoms with Crippen LogP contribution in [0.25, 0.3) is 0 Å². The van der Waals surface area contributed by atoms with Gasteiger partial charge in [-0.3, -0.25) is 19.4 Å². The Bertz CT molecular complexity index is 2640. The van der Waals surface area contributed by atoms with Gasteiger partial charge in [-0.1, -0.05) is 36.4 Å². The minimum atomic E-state index is -3.04. The van der Waals surface area contributed by atoms with Crippen LogP contribution in [0.3, 0.4) is 0 Å². The second-order valence-electron chi connectivity index (χ2n) is 15.0. The molecule has 0 saturated heterocycles. The number of carbonyl (C=O) groups excluding carboxylic acids is 2. The minimum Gasteiger partial charge on any atom is -0.494 e. The Morgan fingerprint density at radius 2 is 1.03 bits per heavy atom. The normalized spacial score (nSPS) is 10.7. The van der Waals surface area contributed by atoms with Crippen molar-refractivity contribution in [3.63, 3.8) is 0 Å². The molecule has 6 rings (SSSR count). The largest absolute Gasteiger partial charge is 0.494 e. The van der Waals surface area contributed by atoms with Crippen LogP contribution in [0.15, 0.2) is 106 Å². The first-order valence-electron chi connectivity index (χ1n) is 21.5. The first kappa shape index (κ1) is 51.8. The minimum absolute atomic E-state index is 0.0368. The van der Waals surface area contributed by atoms with E-state index in [1.165, 1.54) is 18.2 Å². The van der Waals surface area contributed by atoms with E-state index in [4.69, 9.17) is 32.5 Å². The number of carbonyl (C=O) groups is 4. The van der Waals surface area contributed by atoms with Crippen molar-refractivity contribution in [3.05, 3.63) is 143 Å². The van der Waals surface area contributed by atoms with Crippen molar-refractivity contribution in [3.8, 4) is 34.5 Å². The fourth-order valence-electron chi connectivity index (χ4n) is 6.54. The van der Waals surface area contributed by atoms with Gasteiger partial charge in [-0.2, -0.15) is 8.78 Å². The third-order valence-electron chi connectivity index (χ3n) is 9.51. The Labute approximate surface area is 395 Å². The van der Waals surface area contributed by atoms with Gasteiger partial charge in [-0.15, -0.1) is 0 Å². The lowest BCUT2D eigenvalue weighted by Crippen LogP contribution is -2.37. The summed E-state index contributed by atoms with van der Waals surface area (Å²) in [6.07, 6.45) is -0.572. The maximum Gasteiger partial charge on any atom is 0.416 e. The lowest BCUT2D eigenvalue weighted by molar-refractivity contribution is -0.138. The molecule has 0 spiro atoms. The number of amides is 2. The Morgan fingerprint density at radius 1 is 0.580 bits per heavy atom. The molecule has 0 fully saturated rings. The van der Waals surface area contributed by atoms with E-state index < -0.39 is 43.8 Å². The third-order valence-corrected chi connectivity index (χ3v) is 9.51. The van der Waals surface area contributed by atoms with Gasteiger partial charge in [-0.05, 0) is 80.4 Å². The molecule has 366 valence electrons. The molecule has 0 aliphatic heterocycles. The summed E-state index contributed by atoms with van der Waals surface area (Å²) in [5.74, 6) is 2.10. The number of aryl methyl sites for hydroxylation is 4. The zero-order valence-corrected chi connectivity index (χ0v) is 38.5. The van der Waals surface area contributed by atoms with Crippen LogP contribution in [-0.4, -0.2) is 93.6 Å². The maximum absolute atomic E-state index is 12.7. The fraction of sp³-hybridized carbons (Fsp3) is 0.306. The predicted molar refractivity (Wildman–Crippen MR) is 242 cm³/mol. The second kappa shape index (κ2) is 25.7. The molecule has 6 aromatic rings. The van der Waals surface area contributed by atoms with Crippen molar-refractivity contribution >= 4 is 24.1 Å². The average molecular weight is 959 g/mol. The van der Waals surface area contributed by atoms with Crippen LogP contribution < -0.4 is 28.4 Å². The summed E-state index contributed by atoms with van der Waals surface area (Å²) in [6, 6.07) is 25.6. The zero-order valence-electron chi connectivity index (χ0n) is 38.5. The summed E-state index contributed by atoms with van der Waals surface area (Å²) in [5, 5.41) is 18.5. The molecular weight excluding hydrogens is 907 g/mol. The lowest BCUT2D eigenvalue weighted by atomic mass is 10.2. The fourth-order valence-corrected chi connectivity index (χ4v) is 6.54. The predicted octanol–water partition coefficient (Wildman–Crippen LogP) is 9.00. The van der Waals surface area contributed by atoms with Crippen LogP contribution >= 0.6 is 0 Å². The van der Waals surface area contributed by atoms with E-state index in [-0.39, 0.29) is 30.3 Å². The van der Waals surface area contributed by atoms with Gasteiger partial charge in [0.1, 0.15) is 59.1 Å². The molecule has 0 bridgehead atoms. The number of carboxylic acid groups (broad SMARTS) is 2. The van der Waals surface area contributed by atoms with Gasteiger partial charge < -0.3 is 47.5 Å². The zero-order chi connectivity index (χ0) is 49.9. The molecule has 2 N–H and O–H groups in total. The summed E-state index contributed by atoms with van der Waals surface area (Å²) >= 11 is 0. The Kier molecular flexibility index (Phi) is 19.3. The molecule has 18 nitrogen and oxygen atoms in total. The highest BCUT2D eigenvalue weighted by Gasteiger charge is 2.22. The van der Waals surface area contributed by atoms with E-state index in [0.717, 1.165) is 38.8 Å². The van der Waals surface area contributed by atoms with Gasteiger partial charge in [0, 0.05) is 51.9 Å². The first-order valence-corrected chi connectivity index (χ1v) is 21.5. The number of benzene rings is 4. The number of ether oxygens (including phenoxy) is 6. The van der Waals surface area contributed by atoms with Crippen molar-refractivity contribution in [2.45, 2.75) is 67.2 Å². The number of aliphatic carboxylic acids is 2. The molecule has 2 amide bonds. The van der Waals surface area contributed by atoms with Crippen LogP contribution in [0.4, 0.5) is 18.4 Å². The van der Waals surface area contributed by atoms with Crippen molar-refractivity contribution < 1.29 is 75.4 Å². The summed E-state index contributed by atoms with van der Waals surface area (Å²) in [5.41, 5.74) is 3.01. The van der Waals surface area contributed by atoms with Gasteiger partial charge in [0.2, 0.25) is 0 Å². The van der Waals surface area contributed by atoms with E-state index in [1.807, 2.05) is 20.8 Å². The van der Waals surface area contributed by atoms with Gasteiger partial charge in [0.05, 0.1) is 31.2 Å². The molecule has 4 aromatic carbocycles. The van der Waals surface area contributed by atoms with Crippen LogP contribution in [0, 0.1) is 27.7 Å². The van der Waals surface area contributed by atoms with E-state index in [2.05, 4.69) is 14.7 Å². The molecular formula is C49H52F2N4O14. The molecule has 69 heavy (non-hydrogen) atoms. The van der Waals surface area contributed by atoms with E-state index in [9.17, 15) is 38.2 Å². The summed E-state index contributed by atoms with van der Waals surface area (Å²) in [4.78, 5) is 58.6. The van der Waals surface area contributed by atoms with E-state index in [0.29, 0.717) is 72.8 Å². The van der Waals surface area contributed by atoms with Gasteiger partial charge >= 0.3 is 30.7 Å². The van der Waals surface area contributed by atoms with Crippen LogP contribution in [-0.2, 0) is 35.5 Å². The molecule has 20 heteroatoms. The molecule has 0 aliphatic rings. The second-order valence-corrected chi connectivity index (χ2v) is 15.0. The number of oxazole rings is 2. The first-order chi connectivity index (χ1) is 33.0. The number of aromatic nitrogens is 2. The molecule has 2 aromatic heterocycles. The summed E-state index contributed by atoms with van der Waals surface area (Å²) in [6.45, 7) is 6.18. The van der Waals surface area contributed by atoms with Crippen molar-refractivity contribution in [2.75, 3.05) is 32.9 Å². The quantitative estimate of drug-likeness (QED) is 0.0648. The van der Waals surface area contributed by atoms with Crippen molar-refractivity contribution in [1.29, 1.82) is 0 Å². The number of nitrogens with zero attached hydrogens (tertiary/aromatic N) is 4. The molecule has 2 heterocycles. The third kappa shape index (κ3) is 17.5. The van der Waals surface area contributed by atoms with Gasteiger partial charge in [-0.25, -0.2) is 19.6 Å². The summed E-state index contributed by atoms with van der Waals surface area (Å²) in [7, 11) is 0. The SMILES string of the molecule is CCOc1cccc(OC(=O)N(CC(=O)O)Cc2cccc(OCCc3nc(C)oc3C)c2)c1.Cc1nc(CCOc2ccc(CN(CC(=O)O)C(=O)Oc3cccc(OC(F)F)c3)cc2)c(C)o1. The molecule has 0 atom stereocenters. The molecule has 0 radical (unpaired) electrons. The maximum atomic E-state index is 12.7. The smallest absolute Gasteiger partial charge is 0.416 e. The number of rotatable bonds is 22. The van der Waals surface area contributed by atoms with Gasteiger partial charge in [0.25, 0.3) is 0 Å². The Balaban J connectivity index is 0.000000258. The lowest BCUT2D eigenvalue weighted by Gasteiger charge is -2.20. The highest BCUT2D eigenvalue weighted by molar-refractivity contribution is 5.79. The van der Waals surface area contributed by atoms with E-state index in [1.54, 1.807) is 86.6 Å². The number of carboxylic acids is 2. The number of halogens is 2. The average Bonchev–Trinajstić information content (AvgIpc) is 3.79. The number of alkyl halides is 2. The van der Waals surface area contributed by atoms with Crippen molar-refractivity contribution in [2.24, 2.45) is 0 Å². The highest BCUT2D eigenvalue weighted by Crippen LogP contribution is 2.24. The highest BCUT2D eigenvalue weighted by atomic mass is 19.3. The van der Waals surface area contributed by atoms with E-state index >= 15 is 0 Å². The molecule has 0 unspecified atom stereocenters. The van der Waals surface area contributed by atoms with Crippen LogP contribution in [0.2, 0.25) is 0 Å². The van der Waals surface area contributed by atoms with Crippen LogP contribution in [0.1, 0.15) is 52.7 Å². The van der Waals surface area contributed by atoms with Crippen LogP contribution in [0.5, 0.6) is 34.5 Å². The monoisotopic (exact) mass is 958 g/mol. The van der Waals surface area contributed by atoms with Crippen molar-refractivity contribution in [1.82, 2.24) is 19.8 Å². The number of hydrogen-bond acceptors (Lipinski definition) is 14. The molecule has 0 aliphatic carbocycles. The molecule has 0 saturated carbocycles. The Hall–Kier alpha value is -8.16. The summed E-state index contributed by atoms with van der Waals surface area (Å²) < 4.78 is 67.4.